The molecule has 3 fully saturated rings. The molecule has 3 aliphatic rings. The highest BCUT2D eigenvalue weighted by Crippen LogP contribution is 2.59. The maximum atomic E-state index is 10.2. The van der Waals surface area contributed by atoms with Crippen molar-refractivity contribution in [2.75, 3.05) is 0 Å². The Morgan fingerprint density at radius 3 is 2.33 bits per heavy atom. The zero-order valence-electron chi connectivity index (χ0n) is 19.8. The molecule has 3 N–H and O–H groups in total. The van der Waals surface area contributed by atoms with Gasteiger partial charge in [0, 0.05) is 5.92 Å². The minimum atomic E-state index is -0.674. The Hall–Kier alpha value is -0.900. The molecule has 7 atom stereocenters. The molecular weight excluding hydrogens is 372 g/mol. The van der Waals surface area contributed by atoms with Gasteiger partial charge in [0.25, 0.3) is 0 Å². The van der Waals surface area contributed by atoms with Crippen LogP contribution in [-0.4, -0.2) is 33.1 Å². The molecule has 3 aliphatic carbocycles. The average Bonchev–Trinajstić information content (AvgIpc) is 3.00. The van der Waals surface area contributed by atoms with Gasteiger partial charge in [-0.05, 0) is 88.4 Å². The van der Waals surface area contributed by atoms with E-state index in [-0.39, 0.29) is 5.92 Å². The zero-order chi connectivity index (χ0) is 22.1. The highest BCUT2D eigenvalue weighted by Gasteiger charge is 2.50. The SMILES string of the molecule is C[C@H](C=C[C@@H](C)C(C)(C)O)[C@H]1CC[C@H]2C(=CC=C3C[C@@H](O)C[C@@H](O)C3)CCC[C@@]12C. The second-order valence-corrected chi connectivity index (χ2v) is 11.3. The summed E-state index contributed by atoms with van der Waals surface area (Å²) in [6.07, 6.45) is 16.5. The van der Waals surface area contributed by atoms with Gasteiger partial charge in [-0.25, -0.2) is 0 Å². The number of hydrogen-bond donors (Lipinski definition) is 3. The molecule has 3 heteroatoms. The third-order valence-corrected chi connectivity index (χ3v) is 8.56. The Morgan fingerprint density at radius 2 is 1.70 bits per heavy atom. The summed E-state index contributed by atoms with van der Waals surface area (Å²) in [5.74, 6) is 2.00. The molecule has 0 aromatic carbocycles. The Labute approximate surface area is 184 Å². The van der Waals surface area contributed by atoms with E-state index in [2.05, 4.69) is 45.1 Å². The van der Waals surface area contributed by atoms with Crippen molar-refractivity contribution in [3.63, 3.8) is 0 Å². The van der Waals surface area contributed by atoms with Gasteiger partial charge in [-0.2, -0.15) is 0 Å². The molecule has 0 aliphatic heterocycles. The van der Waals surface area contributed by atoms with E-state index in [4.69, 9.17) is 0 Å². The van der Waals surface area contributed by atoms with E-state index < -0.39 is 17.8 Å². The van der Waals surface area contributed by atoms with Crippen molar-refractivity contribution in [2.45, 2.75) is 104 Å². The molecular formula is C27H44O3. The van der Waals surface area contributed by atoms with Gasteiger partial charge >= 0.3 is 0 Å². The smallest absolute Gasteiger partial charge is 0.0651 e. The van der Waals surface area contributed by atoms with Crippen molar-refractivity contribution in [1.29, 1.82) is 0 Å². The molecule has 0 unspecified atom stereocenters. The molecule has 0 spiro atoms. The number of allylic oxidation sites excluding steroid dienone is 4. The van der Waals surface area contributed by atoms with Crippen LogP contribution < -0.4 is 0 Å². The normalized spacial score (nSPS) is 40.1. The van der Waals surface area contributed by atoms with Gasteiger partial charge in [0.15, 0.2) is 0 Å². The molecule has 0 aromatic heterocycles. The van der Waals surface area contributed by atoms with Crippen molar-refractivity contribution in [2.24, 2.45) is 29.1 Å². The predicted molar refractivity (Wildman–Crippen MR) is 124 cm³/mol. The molecule has 3 rings (SSSR count). The predicted octanol–water partition coefficient (Wildman–Crippen LogP) is 5.56. The summed E-state index contributed by atoms with van der Waals surface area (Å²) in [5, 5.41) is 30.2. The van der Waals surface area contributed by atoms with Crippen molar-refractivity contribution in [1.82, 2.24) is 0 Å². The number of aliphatic hydroxyl groups excluding tert-OH is 2. The van der Waals surface area contributed by atoms with E-state index in [1.54, 1.807) is 5.57 Å². The lowest BCUT2D eigenvalue weighted by molar-refractivity contribution is 0.0436. The van der Waals surface area contributed by atoms with Crippen LogP contribution in [0.4, 0.5) is 0 Å². The summed E-state index contributed by atoms with van der Waals surface area (Å²) in [5.41, 5.74) is 2.43. The highest BCUT2D eigenvalue weighted by molar-refractivity contribution is 5.26. The molecule has 0 bridgehead atoms. The topological polar surface area (TPSA) is 60.7 Å². The van der Waals surface area contributed by atoms with E-state index in [1.807, 2.05) is 13.8 Å². The van der Waals surface area contributed by atoms with Gasteiger partial charge in [0.2, 0.25) is 0 Å². The first kappa shape index (κ1) is 23.8. The van der Waals surface area contributed by atoms with Crippen molar-refractivity contribution < 1.29 is 15.3 Å². The average molecular weight is 417 g/mol. The fourth-order valence-corrected chi connectivity index (χ4v) is 6.39. The first-order chi connectivity index (χ1) is 14.0. The van der Waals surface area contributed by atoms with Crippen LogP contribution in [0.5, 0.6) is 0 Å². The van der Waals surface area contributed by atoms with Crippen LogP contribution in [0.2, 0.25) is 0 Å². The van der Waals surface area contributed by atoms with Crippen molar-refractivity contribution in [3.8, 4) is 0 Å². The van der Waals surface area contributed by atoms with E-state index in [9.17, 15) is 15.3 Å². The molecule has 170 valence electrons. The molecule has 30 heavy (non-hydrogen) atoms. The van der Waals surface area contributed by atoms with Gasteiger partial charge in [-0.3, -0.25) is 0 Å². The summed E-state index contributed by atoms with van der Waals surface area (Å²) >= 11 is 0. The summed E-state index contributed by atoms with van der Waals surface area (Å²) in [6, 6.07) is 0. The quantitative estimate of drug-likeness (QED) is 0.514. The fourth-order valence-electron chi connectivity index (χ4n) is 6.39. The van der Waals surface area contributed by atoms with Gasteiger partial charge in [0.05, 0.1) is 17.8 Å². The van der Waals surface area contributed by atoms with E-state index in [0.29, 0.717) is 42.4 Å². The lowest BCUT2D eigenvalue weighted by Gasteiger charge is -2.44. The maximum Gasteiger partial charge on any atom is 0.0651 e. The molecule has 0 amide bonds. The Bertz CT molecular complexity index is 671. The Kier molecular flexibility index (Phi) is 7.37. The van der Waals surface area contributed by atoms with Gasteiger partial charge < -0.3 is 15.3 Å². The van der Waals surface area contributed by atoms with Gasteiger partial charge in [-0.15, -0.1) is 0 Å². The van der Waals surface area contributed by atoms with E-state index >= 15 is 0 Å². The van der Waals surface area contributed by atoms with Crippen LogP contribution in [0.3, 0.4) is 0 Å². The Balaban J connectivity index is 1.73. The third-order valence-electron chi connectivity index (χ3n) is 8.56. The van der Waals surface area contributed by atoms with Gasteiger partial charge in [0.1, 0.15) is 0 Å². The van der Waals surface area contributed by atoms with E-state index in [0.717, 1.165) is 0 Å². The second-order valence-electron chi connectivity index (χ2n) is 11.3. The summed E-state index contributed by atoms with van der Waals surface area (Å²) in [4.78, 5) is 0. The van der Waals surface area contributed by atoms with Crippen LogP contribution in [0.15, 0.2) is 35.5 Å². The molecule has 0 aromatic rings. The third kappa shape index (κ3) is 5.29. The molecule has 3 saturated carbocycles. The summed E-state index contributed by atoms with van der Waals surface area (Å²) in [6.45, 7) is 10.7. The standard InChI is InChI=1S/C27H44O3/c1-18(8-9-19(2)26(3,4)30)24-12-13-25-21(7-6-14-27(24,25)5)11-10-20-15-22(28)17-23(29)16-20/h8-11,18-19,22-25,28-30H,6-7,12-17H2,1-5H3/t18-,19-,22-,23+,24-,25+,27+/m1/s1. The first-order valence-corrected chi connectivity index (χ1v) is 12.2. The molecule has 0 saturated heterocycles. The van der Waals surface area contributed by atoms with Gasteiger partial charge in [-0.1, -0.05) is 56.2 Å². The molecule has 3 nitrogen and oxygen atoms in total. The van der Waals surface area contributed by atoms with Crippen LogP contribution in [0, 0.1) is 29.1 Å². The van der Waals surface area contributed by atoms with Crippen LogP contribution >= 0.6 is 0 Å². The van der Waals surface area contributed by atoms with E-state index in [1.165, 1.54) is 37.7 Å². The van der Waals surface area contributed by atoms with Crippen molar-refractivity contribution in [3.05, 3.63) is 35.5 Å². The van der Waals surface area contributed by atoms with Crippen LogP contribution in [0.1, 0.15) is 86.0 Å². The minimum absolute atomic E-state index is 0.152. The summed E-state index contributed by atoms with van der Waals surface area (Å²) < 4.78 is 0. The lowest BCUT2D eigenvalue weighted by atomic mass is 9.61. The van der Waals surface area contributed by atoms with Crippen LogP contribution in [0.25, 0.3) is 0 Å². The first-order valence-electron chi connectivity index (χ1n) is 12.2. The molecule has 0 heterocycles. The maximum absolute atomic E-state index is 10.2. The number of aliphatic hydroxyl groups is 3. The Morgan fingerprint density at radius 1 is 1.03 bits per heavy atom. The summed E-state index contributed by atoms with van der Waals surface area (Å²) in [7, 11) is 0. The van der Waals surface area contributed by atoms with Crippen molar-refractivity contribution >= 4 is 0 Å². The number of rotatable bonds is 5. The highest BCUT2D eigenvalue weighted by atomic mass is 16.3. The second kappa shape index (κ2) is 9.30. The largest absolute Gasteiger partial charge is 0.393 e. The minimum Gasteiger partial charge on any atom is -0.393 e. The monoisotopic (exact) mass is 416 g/mol. The lowest BCUT2D eigenvalue weighted by Crippen LogP contribution is -2.35. The van der Waals surface area contributed by atoms with Crippen LogP contribution in [-0.2, 0) is 0 Å². The number of hydrogen-bond acceptors (Lipinski definition) is 3. The number of fused-ring (bicyclic) bond motifs is 1. The molecule has 0 radical (unpaired) electrons. The zero-order valence-corrected chi connectivity index (χ0v) is 19.8. The fraction of sp³-hybridized carbons (Fsp3) is 0.778.